The van der Waals surface area contributed by atoms with Gasteiger partial charge in [-0.05, 0) is 83.5 Å². The highest BCUT2D eigenvalue weighted by molar-refractivity contribution is 5.76. The van der Waals surface area contributed by atoms with Gasteiger partial charge in [0.1, 0.15) is 0 Å². The van der Waals surface area contributed by atoms with Gasteiger partial charge in [-0.25, -0.2) is 0 Å². The minimum absolute atomic E-state index is 0.0448. The van der Waals surface area contributed by atoms with E-state index >= 15 is 0 Å². The molecular weight excluding hydrogens is 803 g/mol. The molecule has 3 N–H and O–H groups in total. The van der Waals surface area contributed by atoms with Crippen molar-refractivity contribution in [2.45, 2.75) is 315 Å². The van der Waals surface area contributed by atoms with E-state index in [9.17, 15) is 19.8 Å². The van der Waals surface area contributed by atoms with Crippen LogP contribution in [0.3, 0.4) is 0 Å². The maximum atomic E-state index is 12.5. The lowest BCUT2D eigenvalue weighted by molar-refractivity contribution is -0.143. The van der Waals surface area contributed by atoms with Crippen molar-refractivity contribution in [2.75, 3.05) is 13.2 Å². The predicted molar refractivity (Wildman–Crippen MR) is 283 cm³/mol. The molecule has 1 amide bonds. The molecule has 2 unspecified atom stereocenters. The van der Waals surface area contributed by atoms with Crippen LogP contribution in [-0.2, 0) is 14.3 Å². The number of rotatable bonds is 53. The predicted octanol–water partition coefficient (Wildman–Crippen LogP) is 17.6. The van der Waals surface area contributed by atoms with Crippen molar-refractivity contribution in [3.8, 4) is 0 Å². The fourth-order valence-electron chi connectivity index (χ4n) is 8.72. The zero-order valence-electron chi connectivity index (χ0n) is 43.5. The van der Waals surface area contributed by atoms with Crippen molar-refractivity contribution in [2.24, 2.45) is 0 Å². The monoisotopic (exact) mass is 914 g/mol. The summed E-state index contributed by atoms with van der Waals surface area (Å²) in [6, 6.07) is -0.565. The number of nitrogens with one attached hydrogen (secondary N) is 1. The molecule has 0 rings (SSSR count). The second-order valence-corrected chi connectivity index (χ2v) is 19.6. The van der Waals surface area contributed by atoms with E-state index < -0.39 is 12.1 Å². The highest BCUT2D eigenvalue weighted by Crippen LogP contribution is 2.17. The first-order chi connectivity index (χ1) is 32.0. The third kappa shape index (κ3) is 51.3. The number of carbonyl (C=O) groups excluding carboxylic acids is 2. The summed E-state index contributed by atoms with van der Waals surface area (Å²) in [5.74, 6) is -0.108. The number of aliphatic hydroxyl groups is 2. The van der Waals surface area contributed by atoms with Crippen LogP contribution in [-0.4, -0.2) is 47.4 Å². The van der Waals surface area contributed by atoms with Gasteiger partial charge in [-0.15, -0.1) is 0 Å². The van der Waals surface area contributed by atoms with Crippen molar-refractivity contribution >= 4 is 11.9 Å². The molecule has 6 nitrogen and oxygen atoms in total. The molecule has 6 heteroatoms. The van der Waals surface area contributed by atoms with E-state index in [0.29, 0.717) is 25.9 Å². The van der Waals surface area contributed by atoms with Gasteiger partial charge >= 0.3 is 5.97 Å². The highest BCUT2D eigenvalue weighted by atomic mass is 16.5. The van der Waals surface area contributed by atoms with E-state index in [4.69, 9.17) is 4.74 Å². The van der Waals surface area contributed by atoms with Crippen molar-refractivity contribution in [1.82, 2.24) is 5.32 Å². The summed E-state index contributed by atoms with van der Waals surface area (Å²) in [6.07, 6.45) is 67.0. The fraction of sp³-hybridized carbons (Fsp3) is 0.864. The van der Waals surface area contributed by atoms with Gasteiger partial charge in [0, 0.05) is 12.8 Å². The van der Waals surface area contributed by atoms with Gasteiger partial charge in [0.05, 0.1) is 25.4 Å². The van der Waals surface area contributed by atoms with Crippen molar-refractivity contribution in [3.05, 3.63) is 36.5 Å². The van der Waals surface area contributed by atoms with Crippen LogP contribution in [0.25, 0.3) is 0 Å². The number of allylic oxidation sites excluding steroid dienone is 6. The van der Waals surface area contributed by atoms with Gasteiger partial charge in [-0.1, -0.05) is 243 Å². The molecule has 65 heavy (non-hydrogen) atoms. The Bertz CT molecular complexity index is 1060. The van der Waals surface area contributed by atoms with Gasteiger partial charge in [0.25, 0.3) is 0 Å². The summed E-state index contributed by atoms with van der Waals surface area (Å²) in [7, 11) is 0. The Labute approximate surface area is 404 Å². The number of unbranched alkanes of at least 4 members (excludes halogenated alkanes) is 36. The van der Waals surface area contributed by atoms with Gasteiger partial charge in [0.2, 0.25) is 5.91 Å². The summed E-state index contributed by atoms with van der Waals surface area (Å²) in [6.45, 7) is 4.85. The number of hydrogen-bond acceptors (Lipinski definition) is 5. The fourth-order valence-corrected chi connectivity index (χ4v) is 8.72. The van der Waals surface area contributed by atoms with E-state index in [1.807, 2.05) is 0 Å². The first-order valence-electron chi connectivity index (χ1n) is 28.7. The summed E-state index contributed by atoms with van der Waals surface area (Å²) in [5.41, 5.74) is 0. The highest BCUT2D eigenvalue weighted by Gasteiger charge is 2.20. The zero-order valence-corrected chi connectivity index (χ0v) is 43.5. The van der Waals surface area contributed by atoms with E-state index in [2.05, 4.69) is 55.6 Å². The lowest BCUT2D eigenvalue weighted by Gasteiger charge is -2.22. The van der Waals surface area contributed by atoms with E-state index in [-0.39, 0.29) is 18.5 Å². The number of carbonyl (C=O) groups is 2. The van der Waals surface area contributed by atoms with E-state index in [0.717, 1.165) is 96.3 Å². The molecule has 0 radical (unpaired) electrons. The quantitative estimate of drug-likeness (QED) is 0.0321. The number of hydrogen-bond donors (Lipinski definition) is 3. The SMILES string of the molecule is CCCCC/C=C\C/C=C\CCCCCCCC(=O)OCCCC/C=C\CCCCCCCC(=O)NC(CO)C(O)CCCCCCCCCCCCCCCCCCCCCCCC. The Balaban J connectivity index is 3.51. The minimum atomic E-state index is -0.685. The standard InChI is InChI=1S/C59H111NO5/c1-3-5-7-9-11-13-15-17-19-20-21-22-23-24-25-27-28-31-35-39-43-47-51-57(62)56(55-61)60-58(63)52-48-44-40-36-32-30-34-38-42-46-50-54-65-59(64)53-49-45-41-37-33-29-26-18-16-14-12-10-8-6-4-2/h12,14,18,26,34,38,56-57,61-62H,3-11,13,15-17,19-25,27-33,35-37,39-55H2,1-2H3,(H,60,63)/b14-12-,26-18-,38-34-. The topological polar surface area (TPSA) is 95.9 Å². The molecule has 2 atom stereocenters. The lowest BCUT2D eigenvalue weighted by Crippen LogP contribution is -2.45. The Hall–Kier alpha value is -1.92. The van der Waals surface area contributed by atoms with E-state index in [1.54, 1.807) is 0 Å². The largest absolute Gasteiger partial charge is 0.466 e. The molecule has 0 spiro atoms. The van der Waals surface area contributed by atoms with Gasteiger partial charge in [-0.2, -0.15) is 0 Å². The molecule has 0 saturated heterocycles. The third-order valence-electron chi connectivity index (χ3n) is 13.2. The molecule has 0 aromatic heterocycles. The summed E-state index contributed by atoms with van der Waals surface area (Å²) in [4.78, 5) is 24.5. The van der Waals surface area contributed by atoms with Crippen LogP contribution in [0.1, 0.15) is 303 Å². The number of esters is 1. The van der Waals surface area contributed by atoms with Crippen LogP contribution >= 0.6 is 0 Å². The van der Waals surface area contributed by atoms with Crippen LogP contribution in [0.15, 0.2) is 36.5 Å². The first kappa shape index (κ1) is 63.1. The summed E-state index contributed by atoms with van der Waals surface area (Å²) < 4.78 is 5.43. The van der Waals surface area contributed by atoms with Crippen molar-refractivity contribution in [3.63, 3.8) is 0 Å². The van der Waals surface area contributed by atoms with Crippen LogP contribution in [0.4, 0.5) is 0 Å². The molecule has 0 bridgehead atoms. The normalized spacial score (nSPS) is 12.9. The maximum absolute atomic E-state index is 12.5. The Morgan fingerprint density at radius 2 is 0.769 bits per heavy atom. The average molecular weight is 915 g/mol. The van der Waals surface area contributed by atoms with Crippen LogP contribution in [0, 0.1) is 0 Å². The smallest absolute Gasteiger partial charge is 0.305 e. The number of amides is 1. The van der Waals surface area contributed by atoms with Gasteiger partial charge in [-0.3, -0.25) is 9.59 Å². The summed E-state index contributed by atoms with van der Waals surface area (Å²) in [5, 5.41) is 23.3. The second-order valence-electron chi connectivity index (χ2n) is 19.6. The molecule has 0 aromatic rings. The Morgan fingerprint density at radius 3 is 1.22 bits per heavy atom. The summed E-state index contributed by atoms with van der Waals surface area (Å²) >= 11 is 0. The number of aliphatic hydroxyl groups excluding tert-OH is 2. The molecule has 0 aromatic carbocycles. The molecule has 0 aliphatic carbocycles. The van der Waals surface area contributed by atoms with Crippen molar-refractivity contribution in [1.29, 1.82) is 0 Å². The average Bonchev–Trinajstić information content (AvgIpc) is 3.31. The molecule has 0 aliphatic heterocycles. The van der Waals surface area contributed by atoms with Crippen LogP contribution < -0.4 is 5.32 Å². The molecule has 382 valence electrons. The molecule has 0 heterocycles. The third-order valence-corrected chi connectivity index (χ3v) is 13.2. The molecule has 0 fully saturated rings. The maximum Gasteiger partial charge on any atom is 0.305 e. The minimum Gasteiger partial charge on any atom is -0.466 e. The van der Waals surface area contributed by atoms with E-state index in [1.165, 1.54) is 173 Å². The first-order valence-corrected chi connectivity index (χ1v) is 28.7. The molecular formula is C59H111NO5. The van der Waals surface area contributed by atoms with Gasteiger partial charge in [0.15, 0.2) is 0 Å². The molecule has 0 aliphatic rings. The number of ether oxygens (including phenoxy) is 1. The Kier molecular flexibility index (Phi) is 53.1. The van der Waals surface area contributed by atoms with Gasteiger partial charge < -0.3 is 20.3 Å². The molecule has 0 saturated carbocycles. The van der Waals surface area contributed by atoms with Crippen LogP contribution in [0.5, 0.6) is 0 Å². The van der Waals surface area contributed by atoms with Crippen molar-refractivity contribution < 1.29 is 24.5 Å². The second kappa shape index (κ2) is 54.7. The Morgan fingerprint density at radius 1 is 0.431 bits per heavy atom. The van der Waals surface area contributed by atoms with Crippen LogP contribution in [0.2, 0.25) is 0 Å². The lowest BCUT2D eigenvalue weighted by atomic mass is 10.0. The zero-order chi connectivity index (χ0) is 47.2.